The number of rotatable bonds is 6. The predicted octanol–water partition coefficient (Wildman–Crippen LogP) is 5.23. The van der Waals surface area contributed by atoms with Crippen LogP contribution in [0.1, 0.15) is 61.5 Å². The van der Waals surface area contributed by atoms with Crippen molar-refractivity contribution in [2.24, 2.45) is 0 Å². The van der Waals surface area contributed by atoms with Crippen molar-refractivity contribution >= 4 is 11.8 Å². The van der Waals surface area contributed by atoms with E-state index in [-0.39, 0.29) is 23.8 Å². The maximum absolute atomic E-state index is 13.9. The zero-order valence-corrected chi connectivity index (χ0v) is 20.0. The van der Waals surface area contributed by atoms with Crippen LogP contribution in [0.2, 0.25) is 0 Å². The lowest BCUT2D eigenvalue weighted by Gasteiger charge is -2.45. The van der Waals surface area contributed by atoms with E-state index in [1.54, 1.807) is 0 Å². The Labute approximate surface area is 201 Å². The fourth-order valence-corrected chi connectivity index (χ4v) is 5.49. The minimum absolute atomic E-state index is 0.0497. The molecule has 1 aromatic heterocycles. The monoisotopic (exact) mass is 455 g/mol. The lowest BCUT2D eigenvalue weighted by atomic mass is 9.91. The minimum atomic E-state index is -0.974. The van der Waals surface area contributed by atoms with E-state index in [0.29, 0.717) is 18.8 Å². The summed E-state index contributed by atoms with van der Waals surface area (Å²) in [6.07, 6.45) is 4.32. The second-order valence-corrected chi connectivity index (χ2v) is 10.0. The van der Waals surface area contributed by atoms with Gasteiger partial charge in [0.25, 0.3) is 5.91 Å². The number of hydrogen-bond acceptors (Lipinski definition) is 2. The number of benzene rings is 2. The molecule has 1 aliphatic heterocycles. The van der Waals surface area contributed by atoms with Gasteiger partial charge in [-0.15, -0.1) is 0 Å². The molecule has 0 saturated heterocycles. The van der Waals surface area contributed by atoms with Gasteiger partial charge >= 0.3 is 0 Å². The largest absolute Gasteiger partial charge is 0.351 e. The molecule has 2 aliphatic rings. The second-order valence-electron chi connectivity index (χ2n) is 10.0. The third-order valence-electron chi connectivity index (χ3n) is 7.58. The van der Waals surface area contributed by atoms with Gasteiger partial charge in [-0.05, 0) is 48.9 Å². The van der Waals surface area contributed by atoms with Crippen molar-refractivity contribution in [1.82, 2.24) is 14.8 Å². The van der Waals surface area contributed by atoms with Gasteiger partial charge in [0, 0.05) is 18.3 Å². The Balaban J connectivity index is 1.52. The van der Waals surface area contributed by atoms with Crippen molar-refractivity contribution < 1.29 is 9.59 Å². The Morgan fingerprint density at radius 3 is 2.26 bits per heavy atom. The maximum Gasteiger partial charge on any atom is 0.271 e. The molecule has 176 valence electrons. The highest BCUT2D eigenvalue weighted by molar-refractivity contribution is 6.00. The number of aromatic nitrogens is 1. The number of nitrogens with one attached hydrogen (secondary N) is 1. The molecule has 5 nitrogen and oxygen atoms in total. The lowest BCUT2D eigenvalue weighted by molar-refractivity contribution is -0.133. The second kappa shape index (κ2) is 9.13. The van der Waals surface area contributed by atoms with Crippen LogP contribution in [-0.4, -0.2) is 39.4 Å². The average molecular weight is 456 g/mol. The molecule has 1 saturated carbocycles. The van der Waals surface area contributed by atoms with Crippen molar-refractivity contribution in [1.29, 1.82) is 0 Å². The third-order valence-corrected chi connectivity index (χ3v) is 7.58. The molecule has 0 radical (unpaired) electrons. The SMILES string of the molecule is CC(CN1C(=O)c2ccc(-c3ccccc3)n2CC1(C)C(=O)NC1CCCC1)c1ccccc1. The van der Waals surface area contributed by atoms with E-state index >= 15 is 0 Å². The molecular weight excluding hydrogens is 422 g/mol. The first kappa shape index (κ1) is 22.5. The van der Waals surface area contributed by atoms with Crippen LogP contribution in [0.25, 0.3) is 11.3 Å². The molecule has 3 aromatic rings. The fraction of sp³-hybridized carbons (Fsp3) is 0.379. The molecule has 2 unspecified atom stereocenters. The molecule has 2 aromatic carbocycles. The van der Waals surface area contributed by atoms with E-state index in [1.165, 1.54) is 5.56 Å². The van der Waals surface area contributed by atoms with Crippen molar-refractivity contribution in [3.05, 3.63) is 84.1 Å². The molecule has 0 bridgehead atoms. The lowest BCUT2D eigenvalue weighted by Crippen LogP contribution is -2.65. The highest BCUT2D eigenvalue weighted by Gasteiger charge is 2.48. The highest BCUT2D eigenvalue weighted by Crippen LogP contribution is 2.35. The number of carbonyl (C=O) groups is 2. The Bertz CT molecular complexity index is 1160. The summed E-state index contributed by atoms with van der Waals surface area (Å²) in [4.78, 5) is 29.5. The van der Waals surface area contributed by atoms with Crippen LogP contribution in [0, 0.1) is 0 Å². The summed E-state index contributed by atoms with van der Waals surface area (Å²) in [5, 5.41) is 3.29. The smallest absolute Gasteiger partial charge is 0.271 e. The first-order valence-electron chi connectivity index (χ1n) is 12.4. The summed E-state index contributed by atoms with van der Waals surface area (Å²) >= 11 is 0. The summed E-state index contributed by atoms with van der Waals surface area (Å²) in [6, 6.07) is 24.4. The van der Waals surface area contributed by atoms with Gasteiger partial charge in [0.05, 0.1) is 6.54 Å². The van der Waals surface area contributed by atoms with Gasteiger partial charge in [-0.2, -0.15) is 0 Å². The Hall–Kier alpha value is -3.34. The van der Waals surface area contributed by atoms with E-state index in [1.807, 2.05) is 77.1 Å². The molecule has 1 aliphatic carbocycles. The van der Waals surface area contributed by atoms with E-state index in [2.05, 4.69) is 24.4 Å². The molecule has 1 N–H and O–H groups in total. The van der Waals surface area contributed by atoms with Crippen LogP contribution < -0.4 is 5.32 Å². The Morgan fingerprint density at radius 2 is 1.59 bits per heavy atom. The molecule has 2 amide bonds. The van der Waals surface area contributed by atoms with Crippen LogP contribution in [0.5, 0.6) is 0 Å². The summed E-state index contributed by atoms with van der Waals surface area (Å²) in [7, 11) is 0. The number of nitrogens with zero attached hydrogens (tertiary/aromatic N) is 2. The maximum atomic E-state index is 13.9. The van der Waals surface area contributed by atoms with E-state index in [4.69, 9.17) is 0 Å². The molecule has 1 fully saturated rings. The van der Waals surface area contributed by atoms with Gasteiger partial charge in [-0.1, -0.05) is 80.4 Å². The third kappa shape index (κ3) is 4.04. The van der Waals surface area contributed by atoms with Crippen LogP contribution in [0.15, 0.2) is 72.8 Å². The highest BCUT2D eigenvalue weighted by atomic mass is 16.2. The Kier molecular flexibility index (Phi) is 6.03. The summed E-state index contributed by atoms with van der Waals surface area (Å²) < 4.78 is 2.04. The van der Waals surface area contributed by atoms with Crippen LogP contribution in [0.4, 0.5) is 0 Å². The molecule has 5 rings (SSSR count). The van der Waals surface area contributed by atoms with Gasteiger partial charge in [-0.25, -0.2) is 0 Å². The molecule has 2 heterocycles. The van der Waals surface area contributed by atoms with Crippen LogP contribution >= 0.6 is 0 Å². The number of amides is 2. The van der Waals surface area contributed by atoms with E-state index in [0.717, 1.165) is 36.9 Å². The van der Waals surface area contributed by atoms with Gasteiger partial charge in [-0.3, -0.25) is 9.59 Å². The quantitative estimate of drug-likeness (QED) is 0.553. The van der Waals surface area contributed by atoms with Crippen LogP contribution in [0.3, 0.4) is 0 Å². The Morgan fingerprint density at radius 1 is 0.971 bits per heavy atom. The average Bonchev–Trinajstić information content (AvgIpc) is 3.52. The predicted molar refractivity (Wildman–Crippen MR) is 135 cm³/mol. The molecule has 2 atom stereocenters. The van der Waals surface area contributed by atoms with Gasteiger partial charge in [0.1, 0.15) is 11.2 Å². The molecular formula is C29H33N3O2. The van der Waals surface area contributed by atoms with Crippen molar-refractivity contribution in [3.8, 4) is 11.3 Å². The first-order valence-corrected chi connectivity index (χ1v) is 12.4. The zero-order chi connectivity index (χ0) is 23.7. The van der Waals surface area contributed by atoms with E-state index < -0.39 is 5.54 Å². The standard InChI is InChI=1S/C29H33N3O2/c1-21(22-11-5-3-6-12-22)19-32-27(33)26-18-17-25(23-13-7-4-8-14-23)31(26)20-29(32,2)28(34)30-24-15-9-10-16-24/h3-8,11-14,17-18,21,24H,9-10,15-16,19-20H2,1-2H3,(H,30,34). The zero-order valence-electron chi connectivity index (χ0n) is 20.0. The number of carbonyl (C=O) groups excluding carboxylic acids is 2. The molecule has 5 heteroatoms. The van der Waals surface area contributed by atoms with Crippen LogP contribution in [-0.2, 0) is 11.3 Å². The van der Waals surface area contributed by atoms with Gasteiger partial charge in [0.15, 0.2) is 0 Å². The normalized spacial score (nSPS) is 21.4. The van der Waals surface area contributed by atoms with Gasteiger partial charge in [0.2, 0.25) is 5.91 Å². The first-order chi connectivity index (χ1) is 16.5. The fourth-order valence-electron chi connectivity index (χ4n) is 5.49. The van der Waals surface area contributed by atoms with Crippen molar-refractivity contribution in [3.63, 3.8) is 0 Å². The van der Waals surface area contributed by atoms with Crippen molar-refractivity contribution in [2.45, 2.75) is 63.6 Å². The van der Waals surface area contributed by atoms with Crippen molar-refractivity contribution in [2.75, 3.05) is 6.54 Å². The summed E-state index contributed by atoms with van der Waals surface area (Å²) in [5.41, 5.74) is 2.86. The minimum Gasteiger partial charge on any atom is -0.351 e. The van der Waals surface area contributed by atoms with E-state index in [9.17, 15) is 9.59 Å². The number of fused-ring (bicyclic) bond motifs is 1. The summed E-state index contributed by atoms with van der Waals surface area (Å²) in [5.74, 6) is -0.0227. The topological polar surface area (TPSA) is 54.3 Å². The summed E-state index contributed by atoms with van der Waals surface area (Å²) in [6.45, 7) is 4.99. The van der Waals surface area contributed by atoms with Gasteiger partial charge < -0.3 is 14.8 Å². The molecule has 0 spiro atoms. The molecule has 34 heavy (non-hydrogen) atoms. The number of hydrogen-bond donors (Lipinski definition) is 1.